The third-order valence-corrected chi connectivity index (χ3v) is 4.93. The number of likely N-dealkylation sites (tertiary alicyclic amines) is 1. The van der Waals surface area contributed by atoms with Crippen molar-refractivity contribution in [3.8, 4) is 5.75 Å². The van der Waals surface area contributed by atoms with Gasteiger partial charge in [-0.1, -0.05) is 18.2 Å². The van der Waals surface area contributed by atoms with Crippen LogP contribution in [0.3, 0.4) is 0 Å². The number of urea groups is 1. The molecule has 2 heterocycles. The van der Waals surface area contributed by atoms with E-state index in [0.29, 0.717) is 43.6 Å². The summed E-state index contributed by atoms with van der Waals surface area (Å²) in [7, 11) is 0. The third-order valence-electron chi connectivity index (χ3n) is 4.93. The Kier molecular flexibility index (Phi) is 6.68. The zero-order valence-corrected chi connectivity index (χ0v) is 16.5. The molecule has 1 aliphatic heterocycles. The molecule has 1 unspecified atom stereocenters. The van der Waals surface area contributed by atoms with E-state index < -0.39 is 0 Å². The first kappa shape index (κ1) is 19.9. The molecule has 1 aromatic heterocycles. The Morgan fingerprint density at radius 2 is 2.18 bits per heavy atom. The van der Waals surface area contributed by atoms with Gasteiger partial charge in [-0.15, -0.1) is 0 Å². The molecular formula is C21H28N4O3. The molecule has 7 nitrogen and oxygen atoms in total. The molecule has 0 aliphatic carbocycles. The minimum atomic E-state index is -0.165. The number of aromatic amines is 1. The number of H-pyrrole nitrogens is 1. The number of aryl methyl sites for hydroxylation is 2. The predicted molar refractivity (Wildman–Crippen MR) is 108 cm³/mol. The van der Waals surface area contributed by atoms with Gasteiger partial charge in [0.2, 0.25) is 0 Å². The molecule has 7 heteroatoms. The van der Waals surface area contributed by atoms with Gasteiger partial charge in [-0.3, -0.25) is 4.79 Å². The molecule has 2 N–H and O–H groups in total. The van der Waals surface area contributed by atoms with Crippen LogP contribution < -0.4 is 15.6 Å². The molecule has 150 valence electrons. The molecule has 2 aromatic rings. The Morgan fingerprint density at radius 3 is 2.96 bits per heavy atom. The molecule has 0 radical (unpaired) electrons. The summed E-state index contributed by atoms with van der Waals surface area (Å²) in [4.78, 5) is 32.8. The lowest BCUT2D eigenvalue weighted by Gasteiger charge is -2.32. The fraction of sp³-hybridized carbons (Fsp3) is 0.476. The zero-order valence-electron chi connectivity index (χ0n) is 16.5. The van der Waals surface area contributed by atoms with Crippen molar-refractivity contribution in [1.82, 2.24) is 20.2 Å². The first-order valence-electron chi connectivity index (χ1n) is 9.79. The van der Waals surface area contributed by atoms with E-state index in [1.165, 1.54) is 6.07 Å². The molecule has 3 rings (SSSR count). The number of hydrogen-bond donors (Lipinski definition) is 2. The van der Waals surface area contributed by atoms with E-state index in [2.05, 4.69) is 15.3 Å². The van der Waals surface area contributed by atoms with Gasteiger partial charge in [0.05, 0.1) is 6.61 Å². The third kappa shape index (κ3) is 5.58. The van der Waals surface area contributed by atoms with Crippen LogP contribution in [0.25, 0.3) is 0 Å². The topological polar surface area (TPSA) is 87.3 Å². The molecule has 1 fully saturated rings. The average molecular weight is 384 g/mol. The van der Waals surface area contributed by atoms with Crippen molar-refractivity contribution in [1.29, 1.82) is 0 Å². The van der Waals surface area contributed by atoms with Crippen LogP contribution in [-0.4, -0.2) is 47.1 Å². The molecule has 2 amide bonds. The molecule has 0 spiro atoms. The normalized spacial score (nSPS) is 16.6. The van der Waals surface area contributed by atoms with Crippen molar-refractivity contribution in [2.24, 2.45) is 5.92 Å². The first-order valence-corrected chi connectivity index (χ1v) is 9.79. The second-order valence-corrected chi connectivity index (χ2v) is 7.35. The number of rotatable bonds is 6. The SMILES string of the molecule is Cc1cc(=O)[nH]c(CCNC(=O)N2CCCC(COc3ccccc3C)C2)n1. The van der Waals surface area contributed by atoms with Crippen molar-refractivity contribution in [3.63, 3.8) is 0 Å². The molecular weight excluding hydrogens is 356 g/mol. The van der Waals surface area contributed by atoms with Gasteiger partial charge < -0.3 is 19.9 Å². The lowest BCUT2D eigenvalue weighted by molar-refractivity contribution is 0.137. The summed E-state index contributed by atoms with van der Waals surface area (Å²) in [6.45, 7) is 6.31. The van der Waals surface area contributed by atoms with E-state index >= 15 is 0 Å². The lowest BCUT2D eigenvalue weighted by atomic mass is 9.99. The Bertz CT molecular complexity index is 865. The average Bonchev–Trinajstić information content (AvgIpc) is 2.67. The fourth-order valence-corrected chi connectivity index (χ4v) is 3.47. The summed E-state index contributed by atoms with van der Waals surface area (Å²) >= 11 is 0. The number of hydrogen-bond acceptors (Lipinski definition) is 4. The Morgan fingerprint density at radius 1 is 1.36 bits per heavy atom. The number of nitrogens with zero attached hydrogens (tertiary/aromatic N) is 2. The smallest absolute Gasteiger partial charge is 0.317 e. The van der Waals surface area contributed by atoms with Crippen LogP contribution in [0.4, 0.5) is 4.79 Å². The van der Waals surface area contributed by atoms with E-state index in [4.69, 9.17) is 4.74 Å². The molecule has 1 atom stereocenters. The Hall–Kier alpha value is -2.83. The summed E-state index contributed by atoms with van der Waals surface area (Å²) in [5, 5.41) is 2.93. The van der Waals surface area contributed by atoms with Crippen molar-refractivity contribution < 1.29 is 9.53 Å². The molecule has 0 bridgehead atoms. The Labute approximate surface area is 165 Å². The van der Waals surface area contributed by atoms with Crippen LogP contribution >= 0.6 is 0 Å². The quantitative estimate of drug-likeness (QED) is 0.801. The van der Waals surface area contributed by atoms with Crippen molar-refractivity contribution in [2.45, 2.75) is 33.1 Å². The summed E-state index contributed by atoms with van der Waals surface area (Å²) in [6.07, 6.45) is 2.53. The summed E-state index contributed by atoms with van der Waals surface area (Å²) in [5.74, 6) is 1.83. The largest absolute Gasteiger partial charge is 0.493 e. The van der Waals surface area contributed by atoms with Gasteiger partial charge in [0.1, 0.15) is 11.6 Å². The number of para-hydroxylation sites is 1. The van der Waals surface area contributed by atoms with Crippen LogP contribution in [0.5, 0.6) is 5.75 Å². The maximum atomic E-state index is 12.5. The number of piperidine rings is 1. The molecule has 1 saturated heterocycles. The minimum Gasteiger partial charge on any atom is -0.493 e. The van der Waals surface area contributed by atoms with Crippen LogP contribution in [-0.2, 0) is 6.42 Å². The maximum Gasteiger partial charge on any atom is 0.317 e. The van der Waals surface area contributed by atoms with Crippen LogP contribution in [0, 0.1) is 19.8 Å². The highest BCUT2D eigenvalue weighted by molar-refractivity contribution is 5.74. The van der Waals surface area contributed by atoms with E-state index in [9.17, 15) is 9.59 Å². The van der Waals surface area contributed by atoms with E-state index in [1.54, 1.807) is 6.92 Å². The number of carbonyl (C=O) groups excluding carboxylic acids is 1. The number of benzene rings is 1. The summed E-state index contributed by atoms with van der Waals surface area (Å²) in [5.41, 5.74) is 1.63. The molecule has 1 aliphatic rings. The van der Waals surface area contributed by atoms with Crippen LogP contribution in [0.2, 0.25) is 0 Å². The van der Waals surface area contributed by atoms with E-state index in [0.717, 1.165) is 30.7 Å². The van der Waals surface area contributed by atoms with Gasteiger partial charge >= 0.3 is 6.03 Å². The minimum absolute atomic E-state index is 0.0735. The number of aromatic nitrogens is 2. The van der Waals surface area contributed by atoms with E-state index in [-0.39, 0.29) is 11.6 Å². The van der Waals surface area contributed by atoms with E-state index in [1.807, 2.05) is 36.1 Å². The molecule has 1 aromatic carbocycles. The zero-order chi connectivity index (χ0) is 19.9. The molecule has 28 heavy (non-hydrogen) atoms. The van der Waals surface area contributed by atoms with Gasteiger partial charge in [0.25, 0.3) is 5.56 Å². The van der Waals surface area contributed by atoms with Crippen molar-refractivity contribution in [3.05, 3.63) is 57.8 Å². The second-order valence-electron chi connectivity index (χ2n) is 7.35. The highest BCUT2D eigenvalue weighted by Crippen LogP contribution is 2.21. The fourth-order valence-electron chi connectivity index (χ4n) is 3.47. The van der Waals surface area contributed by atoms with Crippen LogP contribution in [0.15, 0.2) is 35.1 Å². The summed E-state index contributed by atoms with van der Waals surface area (Å²) < 4.78 is 5.97. The highest BCUT2D eigenvalue weighted by Gasteiger charge is 2.24. The van der Waals surface area contributed by atoms with Gasteiger partial charge in [-0.25, -0.2) is 9.78 Å². The lowest BCUT2D eigenvalue weighted by Crippen LogP contribution is -2.47. The highest BCUT2D eigenvalue weighted by atomic mass is 16.5. The monoisotopic (exact) mass is 384 g/mol. The predicted octanol–water partition coefficient (Wildman–Crippen LogP) is 2.43. The second kappa shape index (κ2) is 9.39. The van der Waals surface area contributed by atoms with Crippen LogP contribution in [0.1, 0.15) is 29.9 Å². The van der Waals surface area contributed by atoms with Crippen molar-refractivity contribution in [2.75, 3.05) is 26.2 Å². The van der Waals surface area contributed by atoms with Gasteiger partial charge in [-0.2, -0.15) is 0 Å². The number of carbonyl (C=O) groups is 1. The number of ether oxygens (including phenoxy) is 1. The number of nitrogens with one attached hydrogen (secondary N) is 2. The van der Waals surface area contributed by atoms with Gasteiger partial charge in [0.15, 0.2) is 0 Å². The first-order chi connectivity index (χ1) is 13.5. The van der Waals surface area contributed by atoms with Gasteiger partial charge in [-0.05, 0) is 38.3 Å². The standard InChI is InChI=1S/C21H28N4O3/c1-15-6-3-4-8-18(15)28-14-17-7-5-11-25(13-17)21(27)22-10-9-19-23-16(2)12-20(26)24-19/h3-4,6,8,12,17H,5,7,9-11,13-14H2,1-2H3,(H,22,27)(H,23,24,26). The Balaban J connectivity index is 1.44. The summed E-state index contributed by atoms with van der Waals surface area (Å²) in [6, 6.07) is 9.36. The van der Waals surface area contributed by atoms with Crippen molar-refractivity contribution >= 4 is 6.03 Å². The van der Waals surface area contributed by atoms with Gasteiger partial charge in [0, 0.05) is 43.7 Å². The number of amides is 2. The molecule has 0 saturated carbocycles. The maximum absolute atomic E-state index is 12.5.